The molecule has 0 radical (unpaired) electrons. The molecule has 2 aromatic rings. The summed E-state index contributed by atoms with van der Waals surface area (Å²) < 4.78 is 5.13. The second-order valence-corrected chi connectivity index (χ2v) is 4.56. The van der Waals surface area contributed by atoms with Gasteiger partial charge in [-0.15, -0.1) is 0 Å². The van der Waals surface area contributed by atoms with E-state index in [0.29, 0.717) is 10.6 Å². The SMILES string of the molecule is O=C(Oc1ccc(Cl)cc1Cl)c1ccnc(Cl)c1. The Morgan fingerprint density at radius 1 is 1.11 bits per heavy atom. The van der Waals surface area contributed by atoms with Crippen molar-refractivity contribution in [3.63, 3.8) is 0 Å². The Bertz CT molecular complexity index is 602. The van der Waals surface area contributed by atoms with E-state index in [4.69, 9.17) is 39.5 Å². The molecule has 0 saturated carbocycles. The Balaban J connectivity index is 2.21. The number of halogens is 3. The summed E-state index contributed by atoms with van der Waals surface area (Å²) in [5, 5.41) is 0.939. The predicted molar refractivity (Wildman–Crippen MR) is 70.7 cm³/mol. The van der Waals surface area contributed by atoms with Gasteiger partial charge in [0.15, 0.2) is 0 Å². The van der Waals surface area contributed by atoms with Gasteiger partial charge in [0.1, 0.15) is 10.9 Å². The highest BCUT2D eigenvalue weighted by Crippen LogP contribution is 2.28. The van der Waals surface area contributed by atoms with Crippen LogP contribution in [0.3, 0.4) is 0 Å². The maximum atomic E-state index is 11.8. The van der Waals surface area contributed by atoms with Crippen molar-refractivity contribution in [1.82, 2.24) is 4.98 Å². The number of carbonyl (C=O) groups excluding carboxylic acids is 1. The zero-order valence-corrected chi connectivity index (χ0v) is 11.1. The molecule has 1 aromatic carbocycles. The molecule has 0 bridgehead atoms. The number of benzene rings is 1. The topological polar surface area (TPSA) is 39.2 Å². The third-order valence-electron chi connectivity index (χ3n) is 2.06. The normalized spacial score (nSPS) is 10.2. The molecule has 0 aliphatic carbocycles. The molecule has 92 valence electrons. The molecule has 0 N–H and O–H groups in total. The third kappa shape index (κ3) is 3.13. The summed E-state index contributed by atoms with van der Waals surface area (Å²) in [6, 6.07) is 7.50. The van der Waals surface area contributed by atoms with E-state index in [0.717, 1.165) is 0 Å². The van der Waals surface area contributed by atoms with Gasteiger partial charge in [-0.25, -0.2) is 9.78 Å². The van der Waals surface area contributed by atoms with Gasteiger partial charge >= 0.3 is 5.97 Å². The van der Waals surface area contributed by atoms with E-state index in [1.54, 1.807) is 6.07 Å². The van der Waals surface area contributed by atoms with Crippen LogP contribution in [-0.2, 0) is 0 Å². The fourth-order valence-corrected chi connectivity index (χ4v) is 1.87. The number of aromatic nitrogens is 1. The van der Waals surface area contributed by atoms with E-state index < -0.39 is 5.97 Å². The second kappa shape index (κ2) is 5.57. The van der Waals surface area contributed by atoms with Gasteiger partial charge in [-0.1, -0.05) is 34.8 Å². The Kier molecular flexibility index (Phi) is 4.07. The van der Waals surface area contributed by atoms with E-state index in [9.17, 15) is 4.79 Å². The number of carbonyl (C=O) groups is 1. The summed E-state index contributed by atoms with van der Waals surface area (Å²) in [6.45, 7) is 0. The zero-order chi connectivity index (χ0) is 13.1. The van der Waals surface area contributed by atoms with Crippen molar-refractivity contribution in [1.29, 1.82) is 0 Å². The summed E-state index contributed by atoms with van der Waals surface area (Å²) >= 11 is 17.3. The molecule has 0 fully saturated rings. The molecule has 1 heterocycles. The first-order chi connectivity index (χ1) is 8.56. The number of pyridine rings is 1. The van der Waals surface area contributed by atoms with Crippen LogP contribution in [0, 0.1) is 0 Å². The molecular weight excluding hydrogens is 296 g/mol. The number of hydrogen-bond acceptors (Lipinski definition) is 3. The van der Waals surface area contributed by atoms with Gasteiger partial charge < -0.3 is 4.74 Å². The molecule has 0 unspecified atom stereocenters. The van der Waals surface area contributed by atoms with Gasteiger partial charge in [-0.05, 0) is 30.3 Å². The number of hydrogen-bond donors (Lipinski definition) is 0. The van der Waals surface area contributed by atoms with Crippen molar-refractivity contribution in [2.24, 2.45) is 0 Å². The van der Waals surface area contributed by atoms with Crippen LogP contribution in [0.25, 0.3) is 0 Å². The van der Waals surface area contributed by atoms with Crippen LogP contribution in [0.5, 0.6) is 5.75 Å². The predicted octanol–water partition coefficient (Wildman–Crippen LogP) is 4.26. The summed E-state index contributed by atoms with van der Waals surface area (Å²) in [4.78, 5) is 15.6. The van der Waals surface area contributed by atoms with Gasteiger partial charge in [-0.2, -0.15) is 0 Å². The van der Waals surface area contributed by atoms with Crippen molar-refractivity contribution in [3.8, 4) is 5.75 Å². The van der Waals surface area contributed by atoms with E-state index in [1.807, 2.05) is 0 Å². The Labute approximate surface area is 118 Å². The average Bonchev–Trinajstić information content (AvgIpc) is 2.32. The molecule has 0 saturated heterocycles. The minimum Gasteiger partial charge on any atom is -0.421 e. The van der Waals surface area contributed by atoms with Crippen LogP contribution in [0.2, 0.25) is 15.2 Å². The molecule has 0 aliphatic rings. The lowest BCUT2D eigenvalue weighted by Crippen LogP contribution is -2.08. The largest absolute Gasteiger partial charge is 0.421 e. The van der Waals surface area contributed by atoms with Crippen LogP contribution in [0.1, 0.15) is 10.4 Å². The summed E-state index contributed by atoms with van der Waals surface area (Å²) in [6.07, 6.45) is 1.42. The maximum absolute atomic E-state index is 11.8. The van der Waals surface area contributed by atoms with Gasteiger partial charge in [0.25, 0.3) is 0 Å². The Morgan fingerprint density at radius 3 is 2.56 bits per heavy atom. The van der Waals surface area contributed by atoms with Crippen molar-refractivity contribution in [2.45, 2.75) is 0 Å². The van der Waals surface area contributed by atoms with Crippen LogP contribution >= 0.6 is 34.8 Å². The van der Waals surface area contributed by atoms with Crippen LogP contribution in [0.15, 0.2) is 36.5 Å². The summed E-state index contributed by atoms with van der Waals surface area (Å²) in [5.74, 6) is -0.331. The summed E-state index contributed by atoms with van der Waals surface area (Å²) in [5.41, 5.74) is 0.293. The van der Waals surface area contributed by atoms with Gasteiger partial charge in [0.2, 0.25) is 0 Å². The van der Waals surface area contributed by atoms with E-state index >= 15 is 0 Å². The third-order valence-corrected chi connectivity index (χ3v) is 2.80. The van der Waals surface area contributed by atoms with Crippen LogP contribution in [-0.4, -0.2) is 11.0 Å². The zero-order valence-electron chi connectivity index (χ0n) is 8.86. The van der Waals surface area contributed by atoms with Gasteiger partial charge in [0, 0.05) is 11.2 Å². The number of nitrogens with zero attached hydrogens (tertiary/aromatic N) is 1. The second-order valence-electron chi connectivity index (χ2n) is 3.33. The molecular formula is C12H6Cl3NO2. The Hall–Kier alpha value is -1.29. The highest BCUT2D eigenvalue weighted by Gasteiger charge is 2.11. The molecule has 2 rings (SSSR count). The molecule has 0 spiro atoms. The molecule has 0 aliphatic heterocycles. The van der Waals surface area contributed by atoms with Gasteiger partial charge in [-0.3, -0.25) is 0 Å². The molecule has 1 aromatic heterocycles. The maximum Gasteiger partial charge on any atom is 0.343 e. The molecule has 6 heteroatoms. The summed E-state index contributed by atoms with van der Waals surface area (Å²) in [7, 11) is 0. The van der Waals surface area contributed by atoms with Crippen molar-refractivity contribution in [2.75, 3.05) is 0 Å². The monoisotopic (exact) mass is 301 g/mol. The lowest BCUT2D eigenvalue weighted by molar-refractivity contribution is 0.0734. The van der Waals surface area contributed by atoms with Crippen molar-refractivity contribution in [3.05, 3.63) is 57.3 Å². The smallest absolute Gasteiger partial charge is 0.343 e. The van der Waals surface area contributed by atoms with Crippen LogP contribution in [0.4, 0.5) is 0 Å². The first-order valence-corrected chi connectivity index (χ1v) is 5.98. The highest BCUT2D eigenvalue weighted by molar-refractivity contribution is 6.35. The van der Waals surface area contributed by atoms with E-state index in [2.05, 4.69) is 4.98 Å². The minimum absolute atomic E-state index is 0.214. The lowest BCUT2D eigenvalue weighted by Gasteiger charge is -2.06. The fourth-order valence-electron chi connectivity index (χ4n) is 1.25. The number of esters is 1. The van der Waals surface area contributed by atoms with Gasteiger partial charge in [0.05, 0.1) is 10.6 Å². The quantitative estimate of drug-likeness (QED) is 0.472. The number of rotatable bonds is 2. The van der Waals surface area contributed by atoms with Crippen LogP contribution < -0.4 is 4.74 Å². The molecule has 3 nitrogen and oxygen atoms in total. The highest BCUT2D eigenvalue weighted by atomic mass is 35.5. The minimum atomic E-state index is -0.566. The standard InChI is InChI=1S/C12H6Cl3NO2/c13-8-1-2-10(9(14)6-8)18-12(17)7-3-4-16-11(15)5-7/h1-6H. The van der Waals surface area contributed by atoms with E-state index in [1.165, 1.54) is 30.5 Å². The van der Waals surface area contributed by atoms with E-state index in [-0.39, 0.29) is 15.9 Å². The molecule has 18 heavy (non-hydrogen) atoms. The van der Waals surface area contributed by atoms with Crippen molar-refractivity contribution < 1.29 is 9.53 Å². The number of ether oxygens (including phenoxy) is 1. The molecule has 0 atom stereocenters. The van der Waals surface area contributed by atoms with Crippen molar-refractivity contribution >= 4 is 40.8 Å². The first-order valence-electron chi connectivity index (χ1n) is 4.85. The lowest BCUT2D eigenvalue weighted by atomic mass is 10.3. The molecule has 0 amide bonds. The average molecular weight is 303 g/mol. The first kappa shape index (κ1) is 13.1. The fraction of sp³-hybridized carbons (Fsp3) is 0. The Morgan fingerprint density at radius 2 is 1.89 bits per heavy atom.